The number of aryl methyl sites for hydroxylation is 1. The third-order valence-corrected chi connectivity index (χ3v) is 4.16. The van der Waals surface area contributed by atoms with Crippen molar-refractivity contribution in [2.24, 2.45) is 0 Å². The Hall–Kier alpha value is -2.19. The molecule has 2 aromatic heterocycles. The number of halogens is 2. The lowest BCUT2D eigenvalue weighted by Crippen LogP contribution is -2.07. The molecule has 1 aromatic carbocycles. The van der Waals surface area contributed by atoms with Crippen LogP contribution >= 0.6 is 11.3 Å². The average molecular weight is 337 g/mol. The Morgan fingerprint density at radius 3 is 2.48 bits per heavy atom. The fraction of sp³-hybridized carbons (Fsp3) is 0.267. The summed E-state index contributed by atoms with van der Waals surface area (Å²) in [4.78, 5) is 8.54. The number of aromatic nitrogens is 3. The number of rotatable bonds is 4. The van der Waals surface area contributed by atoms with Crippen LogP contribution in [0.1, 0.15) is 34.4 Å². The van der Waals surface area contributed by atoms with Crippen molar-refractivity contribution in [3.8, 4) is 11.4 Å². The Labute approximate surface area is 134 Å². The molecule has 0 saturated heterocycles. The van der Waals surface area contributed by atoms with Gasteiger partial charge in [0.25, 0.3) is 5.89 Å². The minimum Gasteiger partial charge on any atom is -0.383 e. The summed E-state index contributed by atoms with van der Waals surface area (Å²) in [5.41, 5.74) is 1.20. The van der Waals surface area contributed by atoms with Gasteiger partial charge in [-0.3, -0.25) is 0 Å². The third kappa shape index (κ3) is 3.27. The molecule has 120 valence electrons. The normalized spacial score (nSPS) is 13.3. The van der Waals surface area contributed by atoms with Crippen molar-refractivity contribution in [3.05, 3.63) is 51.8 Å². The lowest BCUT2D eigenvalue weighted by atomic mass is 10.1. The van der Waals surface area contributed by atoms with Crippen LogP contribution in [0.3, 0.4) is 0 Å². The molecular formula is C15H13F2N3O2S. The summed E-state index contributed by atoms with van der Waals surface area (Å²) >= 11 is 1.41. The van der Waals surface area contributed by atoms with Gasteiger partial charge in [-0.25, -0.2) is 4.98 Å². The second-order valence-electron chi connectivity index (χ2n) is 5.12. The standard InChI is InChI=1S/C15H13F2N3O2S/c1-8-18-7-11(23-8)12(21)9-3-5-10(6-4-9)13-19-14(22-20-13)15(2,16)17/h3-7,12,21H,1-2H3. The summed E-state index contributed by atoms with van der Waals surface area (Å²) in [5.74, 6) is -3.82. The number of aliphatic hydroxyl groups excluding tert-OH is 1. The molecule has 0 aliphatic carbocycles. The van der Waals surface area contributed by atoms with E-state index in [1.807, 2.05) is 6.92 Å². The maximum atomic E-state index is 13.1. The minimum absolute atomic E-state index is 0.0798. The molecule has 2 heterocycles. The van der Waals surface area contributed by atoms with Crippen LogP contribution in [0.5, 0.6) is 0 Å². The molecule has 0 saturated carbocycles. The zero-order chi connectivity index (χ0) is 16.6. The topological polar surface area (TPSA) is 72.0 Å². The van der Waals surface area contributed by atoms with E-state index < -0.39 is 17.9 Å². The van der Waals surface area contributed by atoms with Crippen LogP contribution in [0, 0.1) is 6.92 Å². The Kier molecular flexibility index (Phi) is 3.95. The first-order valence-corrected chi connectivity index (χ1v) is 7.59. The molecule has 8 heteroatoms. The van der Waals surface area contributed by atoms with Gasteiger partial charge in [-0.2, -0.15) is 13.8 Å². The predicted molar refractivity (Wildman–Crippen MR) is 80.2 cm³/mol. The predicted octanol–water partition coefficient (Wildman–Crippen LogP) is 3.69. The second-order valence-corrected chi connectivity index (χ2v) is 6.38. The van der Waals surface area contributed by atoms with Crippen molar-refractivity contribution < 1.29 is 18.4 Å². The Morgan fingerprint density at radius 1 is 1.26 bits per heavy atom. The molecule has 1 atom stereocenters. The van der Waals surface area contributed by atoms with Crippen LogP contribution in [0.15, 0.2) is 35.0 Å². The molecule has 1 N–H and O–H groups in total. The average Bonchev–Trinajstić information content (AvgIpc) is 3.15. The molecule has 0 fully saturated rings. The summed E-state index contributed by atoms with van der Waals surface area (Å²) in [5, 5.41) is 14.7. The van der Waals surface area contributed by atoms with Crippen LogP contribution < -0.4 is 0 Å². The van der Waals surface area contributed by atoms with Crippen LogP contribution in [0.25, 0.3) is 11.4 Å². The SMILES string of the molecule is Cc1ncc(C(O)c2ccc(-c3noc(C(C)(F)F)n3)cc2)s1. The zero-order valence-electron chi connectivity index (χ0n) is 12.3. The number of alkyl halides is 2. The van der Waals surface area contributed by atoms with E-state index in [-0.39, 0.29) is 5.82 Å². The van der Waals surface area contributed by atoms with Crippen molar-refractivity contribution in [1.82, 2.24) is 15.1 Å². The van der Waals surface area contributed by atoms with Gasteiger partial charge in [0, 0.05) is 18.7 Å². The highest BCUT2D eigenvalue weighted by molar-refractivity contribution is 7.11. The molecule has 5 nitrogen and oxygen atoms in total. The molecule has 1 unspecified atom stereocenters. The number of hydrogen-bond acceptors (Lipinski definition) is 6. The highest BCUT2D eigenvalue weighted by atomic mass is 32.1. The Morgan fingerprint density at radius 2 is 1.96 bits per heavy atom. The maximum Gasteiger partial charge on any atom is 0.322 e. The number of nitrogens with zero attached hydrogens (tertiary/aromatic N) is 3. The van der Waals surface area contributed by atoms with E-state index in [1.165, 1.54) is 11.3 Å². The zero-order valence-corrected chi connectivity index (χ0v) is 13.1. The Balaban J connectivity index is 1.83. The van der Waals surface area contributed by atoms with Crippen molar-refractivity contribution in [3.63, 3.8) is 0 Å². The van der Waals surface area contributed by atoms with Gasteiger partial charge in [-0.1, -0.05) is 29.4 Å². The lowest BCUT2D eigenvalue weighted by molar-refractivity contribution is -0.0158. The van der Waals surface area contributed by atoms with Gasteiger partial charge in [0.05, 0.1) is 9.88 Å². The fourth-order valence-corrected chi connectivity index (χ4v) is 2.80. The molecule has 0 radical (unpaired) electrons. The minimum atomic E-state index is -3.18. The summed E-state index contributed by atoms with van der Waals surface area (Å²) in [7, 11) is 0. The van der Waals surface area contributed by atoms with E-state index in [0.29, 0.717) is 18.1 Å². The maximum absolute atomic E-state index is 13.1. The van der Waals surface area contributed by atoms with Gasteiger partial charge in [0.2, 0.25) is 5.82 Å². The van der Waals surface area contributed by atoms with Gasteiger partial charge in [0.1, 0.15) is 6.10 Å². The van der Waals surface area contributed by atoms with E-state index >= 15 is 0 Å². The highest BCUT2D eigenvalue weighted by Gasteiger charge is 2.32. The molecule has 0 aliphatic heterocycles. The lowest BCUT2D eigenvalue weighted by Gasteiger charge is -2.08. The van der Waals surface area contributed by atoms with E-state index in [4.69, 9.17) is 0 Å². The number of thiazole rings is 1. The van der Waals surface area contributed by atoms with Crippen molar-refractivity contribution in [2.45, 2.75) is 25.9 Å². The van der Waals surface area contributed by atoms with Gasteiger partial charge in [-0.15, -0.1) is 11.3 Å². The van der Waals surface area contributed by atoms with Crippen molar-refractivity contribution in [2.75, 3.05) is 0 Å². The molecule has 3 aromatic rings. The van der Waals surface area contributed by atoms with Gasteiger partial charge < -0.3 is 9.63 Å². The summed E-state index contributed by atoms with van der Waals surface area (Å²) in [6.45, 7) is 2.56. The molecule has 3 rings (SSSR count). The molecule has 0 bridgehead atoms. The molecular weight excluding hydrogens is 324 g/mol. The smallest absolute Gasteiger partial charge is 0.322 e. The van der Waals surface area contributed by atoms with Crippen LogP contribution in [-0.4, -0.2) is 20.2 Å². The largest absolute Gasteiger partial charge is 0.383 e. The first kappa shape index (κ1) is 15.7. The quantitative estimate of drug-likeness (QED) is 0.786. The van der Waals surface area contributed by atoms with Crippen LogP contribution in [0.2, 0.25) is 0 Å². The van der Waals surface area contributed by atoms with Gasteiger partial charge >= 0.3 is 5.92 Å². The third-order valence-electron chi connectivity index (χ3n) is 3.19. The van der Waals surface area contributed by atoms with E-state index in [0.717, 1.165) is 9.88 Å². The first-order chi connectivity index (χ1) is 10.8. The van der Waals surface area contributed by atoms with Gasteiger partial charge in [0.15, 0.2) is 0 Å². The van der Waals surface area contributed by atoms with Gasteiger partial charge in [-0.05, 0) is 12.5 Å². The van der Waals surface area contributed by atoms with Crippen molar-refractivity contribution in [1.29, 1.82) is 0 Å². The fourth-order valence-electron chi connectivity index (χ4n) is 2.00. The van der Waals surface area contributed by atoms with E-state index in [2.05, 4.69) is 19.6 Å². The van der Waals surface area contributed by atoms with Crippen LogP contribution in [-0.2, 0) is 5.92 Å². The number of hydrogen-bond donors (Lipinski definition) is 1. The summed E-state index contributed by atoms with van der Waals surface area (Å²) in [6, 6.07) is 6.67. The number of aliphatic hydroxyl groups is 1. The first-order valence-electron chi connectivity index (χ1n) is 6.77. The molecule has 0 spiro atoms. The van der Waals surface area contributed by atoms with E-state index in [1.54, 1.807) is 30.5 Å². The Bertz CT molecular complexity index is 809. The van der Waals surface area contributed by atoms with Crippen molar-refractivity contribution >= 4 is 11.3 Å². The molecule has 0 amide bonds. The molecule has 0 aliphatic rings. The summed E-state index contributed by atoms with van der Waals surface area (Å²) < 4.78 is 30.8. The molecule has 23 heavy (non-hydrogen) atoms. The summed E-state index contributed by atoms with van der Waals surface area (Å²) in [6.07, 6.45) is 0.851. The van der Waals surface area contributed by atoms with Crippen LogP contribution in [0.4, 0.5) is 8.78 Å². The number of benzene rings is 1. The highest BCUT2D eigenvalue weighted by Crippen LogP contribution is 2.30. The monoisotopic (exact) mass is 337 g/mol. The van der Waals surface area contributed by atoms with E-state index in [9.17, 15) is 13.9 Å². The second kappa shape index (κ2) is 5.78.